The van der Waals surface area contributed by atoms with Crippen LogP contribution in [0.3, 0.4) is 0 Å². The Kier molecular flexibility index (Phi) is 7.05. The normalized spacial score (nSPS) is 10.7. The van der Waals surface area contributed by atoms with Crippen molar-refractivity contribution in [2.45, 2.75) is 27.2 Å². The Morgan fingerprint density at radius 1 is 1.27 bits per heavy atom. The van der Waals surface area contributed by atoms with E-state index < -0.39 is 12.1 Å². The molecule has 0 radical (unpaired) electrons. The topological polar surface area (TPSA) is 64.6 Å². The van der Waals surface area contributed by atoms with Gasteiger partial charge in [-0.1, -0.05) is 13.0 Å². The number of carbonyl (C=O) groups excluding carboxylic acids is 2. The Morgan fingerprint density at radius 2 is 1.93 bits per heavy atom. The van der Waals surface area contributed by atoms with Crippen LogP contribution in [-0.2, 0) is 14.3 Å². The summed E-state index contributed by atoms with van der Waals surface area (Å²) in [5.74, 6) is -0.549. The van der Waals surface area contributed by atoms with Crippen LogP contribution in [0.4, 0.5) is 4.79 Å². The molecule has 15 heavy (non-hydrogen) atoms. The van der Waals surface area contributed by atoms with Gasteiger partial charge in [-0.05, 0) is 20.3 Å². The van der Waals surface area contributed by atoms with E-state index in [9.17, 15) is 9.59 Å². The van der Waals surface area contributed by atoms with Crippen molar-refractivity contribution >= 4 is 12.1 Å². The number of rotatable bonds is 5. The monoisotopic (exact) mass is 215 g/mol. The van der Waals surface area contributed by atoms with Gasteiger partial charge in [0.1, 0.15) is 5.70 Å². The van der Waals surface area contributed by atoms with E-state index in [4.69, 9.17) is 4.74 Å². The number of allylic oxidation sites excluding steroid dienone is 1. The van der Waals surface area contributed by atoms with Crippen LogP contribution in [0, 0.1) is 0 Å². The lowest BCUT2D eigenvalue weighted by molar-refractivity contribution is -0.139. The maximum atomic E-state index is 11.3. The summed E-state index contributed by atoms with van der Waals surface area (Å²) < 4.78 is 9.48. The Labute approximate surface area is 89.4 Å². The predicted octanol–water partition coefficient (Wildman–Crippen LogP) is 1.59. The molecule has 0 saturated heterocycles. The summed E-state index contributed by atoms with van der Waals surface area (Å²) in [6, 6.07) is 0. The number of esters is 1. The molecule has 0 fully saturated rings. The van der Waals surface area contributed by atoms with Gasteiger partial charge in [-0.15, -0.1) is 0 Å². The third-order valence-electron chi connectivity index (χ3n) is 1.46. The fourth-order valence-corrected chi connectivity index (χ4v) is 0.791. The molecule has 0 aliphatic rings. The van der Waals surface area contributed by atoms with E-state index in [2.05, 4.69) is 10.1 Å². The summed E-state index contributed by atoms with van der Waals surface area (Å²) in [5.41, 5.74) is 0.0990. The highest BCUT2D eigenvalue weighted by atomic mass is 16.6. The van der Waals surface area contributed by atoms with Crippen molar-refractivity contribution in [3.8, 4) is 0 Å². The highest BCUT2D eigenvalue weighted by Crippen LogP contribution is 1.96. The van der Waals surface area contributed by atoms with Gasteiger partial charge in [0.05, 0.1) is 13.2 Å². The van der Waals surface area contributed by atoms with Gasteiger partial charge in [0, 0.05) is 0 Å². The molecule has 0 atom stereocenters. The van der Waals surface area contributed by atoms with Gasteiger partial charge >= 0.3 is 12.1 Å². The van der Waals surface area contributed by atoms with Crippen molar-refractivity contribution in [3.63, 3.8) is 0 Å². The fourth-order valence-electron chi connectivity index (χ4n) is 0.791. The first kappa shape index (κ1) is 13.5. The van der Waals surface area contributed by atoms with E-state index in [1.165, 1.54) is 6.08 Å². The standard InChI is InChI=1S/C10H17NO4/c1-4-7-15-9(12)8(5-2)11-10(13)14-6-3/h5H,4,6-7H2,1-3H3,(H,11,13)/b8-5-. The van der Waals surface area contributed by atoms with Crippen LogP contribution < -0.4 is 5.32 Å². The van der Waals surface area contributed by atoms with E-state index in [0.29, 0.717) is 6.61 Å². The Hall–Kier alpha value is -1.52. The first-order chi connectivity index (χ1) is 7.15. The lowest BCUT2D eigenvalue weighted by Crippen LogP contribution is -2.29. The van der Waals surface area contributed by atoms with Crippen LogP contribution in [-0.4, -0.2) is 25.3 Å². The molecule has 1 amide bonds. The minimum Gasteiger partial charge on any atom is -0.461 e. The maximum absolute atomic E-state index is 11.3. The van der Waals surface area contributed by atoms with E-state index in [-0.39, 0.29) is 12.3 Å². The second-order valence-electron chi connectivity index (χ2n) is 2.68. The summed E-state index contributed by atoms with van der Waals surface area (Å²) in [6.07, 6.45) is 1.55. The van der Waals surface area contributed by atoms with Crippen molar-refractivity contribution in [1.29, 1.82) is 0 Å². The molecule has 0 spiro atoms. The SMILES string of the molecule is C/C=C(\NC(=O)OCC)C(=O)OCCC. The van der Waals surface area contributed by atoms with Crippen molar-refractivity contribution in [1.82, 2.24) is 5.32 Å². The molecule has 1 N–H and O–H groups in total. The molecular weight excluding hydrogens is 198 g/mol. The predicted molar refractivity (Wildman–Crippen MR) is 55.2 cm³/mol. The zero-order valence-electron chi connectivity index (χ0n) is 9.33. The summed E-state index contributed by atoms with van der Waals surface area (Å²) in [7, 11) is 0. The Morgan fingerprint density at radius 3 is 2.40 bits per heavy atom. The van der Waals surface area contributed by atoms with Gasteiger partial charge in [0.2, 0.25) is 0 Å². The molecule has 5 nitrogen and oxygen atoms in total. The third-order valence-corrected chi connectivity index (χ3v) is 1.46. The summed E-state index contributed by atoms with van der Waals surface area (Å²) >= 11 is 0. The fraction of sp³-hybridized carbons (Fsp3) is 0.600. The Bertz CT molecular complexity index is 248. The van der Waals surface area contributed by atoms with Gasteiger partial charge in [0.25, 0.3) is 0 Å². The number of nitrogens with one attached hydrogen (secondary N) is 1. The van der Waals surface area contributed by atoms with E-state index in [1.807, 2.05) is 6.92 Å². The highest BCUT2D eigenvalue weighted by Gasteiger charge is 2.13. The van der Waals surface area contributed by atoms with Crippen molar-refractivity contribution in [2.75, 3.05) is 13.2 Å². The molecule has 5 heteroatoms. The van der Waals surface area contributed by atoms with Gasteiger partial charge < -0.3 is 9.47 Å². The van der Waals surface area contributed by atoms with Crippen molar-refractivity contribution in [2.24, 2.45) is 0 Å². The zero-order chi connectivity index (χ0) is 11.7. The molecule has 0 unspecified atom stereocenters. The molecule has 0 aromatic heterocycles. The molecule has 0 aromatic carbocycles. The molecule has 0 rings (SSSR count). The average molecular weight is 215 g/mol. The first-order valence-electron chi connectivity index (χ1n) is 4.92. The van der Waals surface area contributed by atoms with E-state index in [1.54, 1.807) is 13.8 Å². The lowest BCUT2D eigenvalue weighted by atomic mass is 10.4. The molecule has 86 valence electrons. The van der Waals surface area contributed by atoms with E-state index >= 15 is 0 Å². The van der Waals surface area contributed by atoms with Crippen LogP contribution in [0.15, 0.2) is 11.8 Å². The number of carbonyl (C=O) groups is 2. The average Bonchev–Trinajstić information content (AvgIpc) is 2.22. The second-order valence-corrected chi connectivity index (χ2v) is 2.68. The molecule has 0 aliphatic heterocycles. The van der Waals surface area contributed by atoms with Crippen molar-refractivity contribution in [3.05, 3.63) is 11.8 Å². The minimum absolute atomic E-state index is 0.0990. The van der Waals surface area contributed by atoms with Crippen LogP contribution in [0.5, 0.6) is 0 Å². The number of alkyl carbamates (subject to hydrolysis) is 1. The quantitative estimate of drug-likeness (QED) is 0.558. The zero-order valence-corrected chi connectivity index (χ0v) is 9.33. The van der Waals surface area contributed by atoms with Crippen LogP contribution in [0.1, 0.15) is 27.2 Å². The number of hydrogen-bond donors (Lipinski definition) is 1. The maximum Gasteiger partial charge on any atom is 0.411 e. The second kappa shape index (κ2) is 7.84. The molecule has 0 aromatic rings. The van der Waals surface area contributed by atoms with Gasteiger partial charge in [0.15, 0.2) is 0 Å². The van der Waals surface area contributed by atoms with Gasteiger partial charge in [-0.3, -0.25) is 5.32 Å². The smallest absolute Gasteiger partial charge is 0.411 e. The summed E-state index contributed by atoms with van der Waals surface area (Å²) in [4.78, 5) is 22.3. The highest BCUT2D eigenvalue weighted by molar-refractivity contribution is 5.92. The largest absolute Gasteiger partial charge is 0.461 e. The molecule has 0 bridgehead atoms. The summed E-state index contributed by atoms with van der Waals surface area (Å²) in [5, 5.41) is 2.30. The summed E-state index contributed by atoms with van der Waals surface area (Å²) in [6.45, 7) is 5.80. The third kappa shape index (κ3) is 5.72. The van der Waals surface area contributed by atoms with Gasteiger partial charge in [-0.25, -0.2) is 9.59 Å². The minimum atomic E-state index is -0.654. The van der Waals surface area contributed by atoms with Crippen LogP contribution in [0.25, 0.3) is 0 Å². The number of hydrogen-bond acceptors (Lipinski definition) is 4. The van der Waals surface area contributed by atoms with Gasteiger partial charge in [-0.2, -0.15) is 0 Å². The lowest BCUT2D eigenvalue weighted by Gasteiger charge is -2.08. The molecule has 0 aliphatic carbocycles. The number of amides is 1. The van der Waals surface area contributed by atoms with Crippen LogP contribution in [0.2, 0.25) is 0 Å². The van der Waals surface area contributed by atoms with E-state index in [0.717, 1.165) is 6.42 Å². The van der Waals surface area contributed by atoms with Crippen molar-refractivity contribution < 1.29 is 19.1 Å². The van der Waals surface area contributed by atoms with Crippen LogP contribution >= 0.6 is 0 Å². The molecular formula is C10H17NO4. The molecule has 0 saturated carbocycles. The molecule has 0 heterocycles. The first-order valence-corrected chi connectivity index (χ1v) is 4.92. The Balaban J connectivity index is 4.14. The number of ether oxygens (including phenoxy) is 2.